The molecule has 1 aromatic rings. The van der Waals surface area contributed by atoms with E-state index in [-0.39, 0.29) is 5.97 Å². The molecule has 0 aliphatic carbocycles. The van der Waals surface area contributed by atoms with Crippen molar-refractivity contribution in [2.24, 2.45) is 0 Å². The normalized spacial score (nSPS) is 10.3. The Kier molecular flexibility index (Phi) is 3.75. The van der Waals surface area contributed by atoms with E-state index in [1.807, 2.05) is 6.92 Å². The Hall–Kier alpha value is -0.770. The van der Waals surface area contributed by atoms with Crippen molar-refractivity contribution < 1.29 is 9.53 Å². The van der Waals surface area contributed by atoms with Crippen LogP contribution in [0.15, 0.2) is 0 Å². The molecule has 1 N–H and O–H groups in total. The average Bonchev–Trinajstić information content (AvgIpc) is 2.53. The van der Waals surface area contributed by atoms with Crippen LogP contribution in [0.5, 0.6) is 0 Å². The van der Waals surface area contributed by atoms with E-state index in [0.717, 1.165) is 23.0 Å². The van der Waals surface area contributed by atoms with Crippen LogP contribution < -0.4 is 0 Å². The van der Waals surface area contributed by atoms with Gasteiger partial charge in [-0.05, 0) is 24.5 Å². The van der Waals surface area contributed by atoms with Gasteiger partial charge in [0.15, 0.2) is 0 Å². The highest BCUT2D eigenvalue weighted by molar-refractivity contribution is 9.08. The highest BCUT2D eigenvalue weighted by atomic mass is 79.9. The Labute approximate surface area is 92.0 Å². The van der Waals surface area contributed by atoms with Gasteiger partial charge < -0.3 is 9.72 Å². The van der Waals surface area contributed by atoms with Crippen LogP contribution in [0.4, 0.5) is 0 Å². The second-order valence-electron chi connectivity index (χ2n) is 3.06. The van der Waals surface area contributed by atoms with Gasteiger partial charge in [0.1, 0.15) is 5.69 Å². The highest BCUT2D eigenvalue weighted by Crippen LogP contribution is 2.21. The first kappa shape index (κ1) is 11.3. The zero-order valence-electron chi connectivity index (χ0n) is 8.61. The second kappa shape index (κ2) is 4.64. The maximum Gasteiger partial charge on any atom is 0.354 e. The van der Waals surface area contributed by atoms with Crippen LogP contribution in [-0.2, 0) is 16.5 Å². The molecular formula is C10H14BrNO2. The van der Waals surface area contributed by atoms with Crippen molar-refractivity contribution in [2.45, 2.75) is 25.6 Å². The van der Waals surface area contributed by atoms with E-state index < -0.39 is 0 Å². The van der Waals surface area contributed by atoms with Crippen LogP contribution >= 0.6 is 15.9 Å². The molecule has 0 amide bonds. The minimum Gasteiger partial charge on any atom is -0.464 e. The van der Waals surface area contributed by atoms with Crippen LogP contribution in [0.2, 0.25) is 0 Å². The summed E-state index contributed by atoms with van der Waals surface area (Å²) in [4.78, 5) is 14.4. The van der Waals surface area contributed by atoms with Gasteiger partial charge >= 0.3 is 5.97 Å². The Morgan fingerprint density at radius 2 is 2.21 bits per heavy atom. The molecule has 3 nitrogen and oxygen atoms in total. The maximum absolute atomic E-state index is 11.4. The van der Waals surface area contributed by atoms with E-state index in [4.69, 9.17) is 0 Å². The first-order valence-electron chi connectivity index (χ1n) is 4.50. The van der Waals surface area contributed by atoms with Crippen LogP contribution in [0, 0.1) is 6.92 Å². The van der Waals surface area contributed by atoms with Crippen LogP contribution in [0.3, 0.4) is 0 Å². The van der Waals surface area contributed by atoms with Crippen molar-refractivity contribution in [1.29, 1.82) is 0 Å². The van der Waals surface area contributed by atoms with Crippen LogP contribution in [0.25, 0.3) is 0 Å². The zero-order chi connectivity index (χ0) is 10.7. The third kappa shape index (κ3) is 1.85. The SMILES string of the molecule is CCc1c(CBr)[nH]c(C(=O)OC)c1C. The molecule has 0 saturated heterocycles. The molecule has 1 aromatic heterocycles. The van der Waals surface area contributed by atoms with Crippen molar-refractivity contribution in [3.05, 3.63) is 22.5 Å². The number of methoxy groups -OCH3 is 1. The molecule has 0 fully saturated rings. The summed E-state index contributed by atoms with van der Waals surface area (Å²) in [5.74, 6) is -0.301. The van der Waals surface area contributed by atoms with Gasteiger partial charge in [0, 0.05) is 11.0 Å². The number of hydrogen-bond acceptors (Lipinski definition) is 2. The first-order valence-corrected chi connectivity index (χ1v) is 5.62. The lowest BCUT2D eigenvalue weighted by molar-refractivity contribution is 0.0594. The smallest absolute Gasteiger partial charge is 0.354 e. The summed E-state index contributed by atoms with van der Waals surface area (Å²) in [6.07, 6.45) is 0.917. The van der Waals surface area contributed by atoms with Gasteiger partial charge in [-0.25, -0.2) is 4.79 Å². The number of carbonyl (C=O) groups is 1. The molecule has 4 heteroatoms. The topological polar surface area (TPSA) is 42.1 Å². The maximum atomic E-state index is 11.4. The number of nitrogens with one attached hydrogen (secondary N) is 1. The van der Waals surface area contributed by atoms with Gasteiger partial charge in [0.2, 0.25) is 0 Å². The molecule has 1 heterocycles. The van der Waals surface area contributed by atoms with Crippen molar-refractivity contribution in [3.63, 3.8) is 0 Å². The fourth-order valence-electron chi connectivity index (χ4n) is 1.60. The van der Waals surface area contributed by atoms with Gasteiger partial charge in [-0.2, -0.15) is 0 Å². The Morgan fingerprint density at radius 3 is 2.57 bits per heavy atom. The Balaban J connectivity index is 3.20. The Bertz CT molecular complexity index is 344. The van der Waals surface area contributed by atoms with Crippen LogP contribution in [-0.4, -0.2) is 18.1 Å². The number of aromatic amines is 1. The lowest BCUT2D eigenvalue weighted by Crippen LogP contribution is -2.03. The van der Waals surface area contributed by atoms with E-state index in [2.05, 4.69) is 32.6 Å². The summed E-state index contributed by atoms with van der Waals surface area (Å²) in [5.41, 5.74) is 3.82. The summed E-state index contributed by atoms with van der Waals surface area (Å²) in [5, 5.41) is 0.730. The molecule has 1 rings (SSSR count). The van der Waals surface area contributed by atoms with Crippen molar-refractivity contribution in [1.82, 2.24) is 4.98 Å². The Morgan fingerprint density at radius 1 is 1.57 bits per heavy atom. The number of halogens is 1. The molecule has 0 aromatic carbocycles. The van der Waals surface area contributed by atoms with E-state index >= 15 is 0 Å². The van der Waals surface area contributed by atoms with Gasteiger partial charge in [-0.3, -0.25) is 0 Å². The lowest BCUT2D eigenvalue weighted by Gasteiger charge is -1.98. The molecule has 0 bridgehead atoms. The molecule has 0 atom stereocenters. The number of rotatable bonds is 3. The standard InChI is InChI=1S/C10H14BrNO2/c1-4-7-6(2)9(10(13)14-3)12-8(7)5-11/h12H,4-5H2,1-3H3. The molecule has 14 heavy (non-hydrogen) atoms. The number of alkyl halides is 1. The molecule has 0 saturated carbocycles. The fourth-order valence-corrected chi connectivity index (χ4v) is 2.07. The summed E-state index contributed by atoms with van der Waals surface area (Å²) < 4.78 is 4.69. The molecule has 0 aliphatic heterocycles. The number of esters is 1. The summed E-state index contributed by atoms with van der Waals surface area (Å²) >= 11 is 3.38. The van der Waals surface area contributed by atoms with E-state index in [1.165, 1.54) is 12.7 Å². The molecule has 0 radical (unpaired) electrons. The summed E-state index contributed by atoms with van der Waals surface area (Å²) in [7, 11) is 1.39. The quantitative estimate of drug-likeness (QED) is 0.670. The van der Waals surface area contributed by atoms with Gasteiger partial charge in [0.25, 0.3) is 0 Å². The lowest BCUT2D eigenvalue weighted by atomic mass is 10.1. The molecule has 0 unspecified atom stereocenters. The predicted octanol–water partition coefficient (Wildman–Crippen LogP) is 2.57. The van der Waals surface area contributed by atoms with Crippen molar-refractivity contribution in [2.75, 3.05) is 7.11 Å². The van der Waals surface area contributed by atoms with Crippen molar-refractivity contribution in [3.8, 4) is 0 Å². The zero-order valence-corrected chi connectivity index (χ0v) is 10.2. The van der Waals surface area contributed by atoms with E-state index in [1.54, 1.807) is 0 Å². The largest absolute Gasteiger partial charge is 0.464 e. The van der Waals surface area contributed by atoms with Crippen LogP contribution in [0.1, 0.15) is 34.2 Å². The molecule has 78 valence electrons. The van der Waals surface area contributed by atoms with Gasteiger partial charge in [-0.15, -0.1) is 0 Å². The van der Waals surface area contributed by atoms with E-state index in [0.29, 0.717) is 5.69 Å². The van der Waals surface area contributed by atoms with Gasteiger partial charge in [-0.1, -0.05) is 22.9 Å². The minimum absolute atomic E-state index is 0.301. The van der Waals surface area contributed by atoms with Crippen molar-refractivity contribution >= 4 is 21.9 Å². The predicted molar refractivity (Wildman–Crippen MR) is 58.9 cm³/mol. The summed E-state index contributed by atoms with van der Waals surface area (Å²) in [6.45, 7) is 4.01. The van der Waals surface area contributed by atoms with Gasteiger partial charge in [0.05, 0.1) is 7.11 Å². The molecular weight excluding hydrogens is 246 g/mol. The molecule has 0 spiro atoms. The number of H-pyrrole nitrogens is 1. The van der Waals surface area contributed by atoms with E-state index in [9.17, 15) is 4.79 Å². The first-order chi connectivity index (χ1) is 6.65. The second-order valence-corrected chi connectivity index (χ2v) is 3.62. The fraction of sp³-hybridized carbons (Fsp3) is 0.500. The third-order valence-electron chi connectivity index (χ3n) is 2.34. The number of hydrogen-bond donors (Lipinski definition) is 1. The number of aromatic nitrogens is 1. The monoisotopic (exact) mass is 259 g/mol. The number of ether oxygens (including phenoxy) is 1. The summed E-state index contributed by atoms with van der Waals surface area (Å²) in [6, 6.07) is 0. The average molecular weight is 260 g/mol. The third-order valence-corrected chi connectivity index (χ3v) is 2.91. The minimum atomic E-state index is -0.301. The number of carbonyl (C=O) groups excluding carboxylic acids is 1. The highest BCUT2D eigenvalue weighted by Gasteiger charge is 2.17. The molecule has 0 aliphatic rings.